The summed E-state index contributed by atoms with van der Waals surface area (Å²) in [5.41, 5.74) is 8.83. The van der Waals surface area contributed by atoms with E-state index in [1.807, 2.05) is 37.3 Å². The molecule has 108 valence electrons. The van der Waals surface area contributed by atoms with Gasteiger partial charge in [-0.15, -0.1) is 0 Å². The number of nitrogens with one attached hydrogen (secondary N) is 1. The van der Waals surface area contributed by atoms with E-state index in [4.69, 9.17) is 10.5 Å². The Labute approximate surface area is 126 Å². The van der Waals surface area contributed by atoms with E-state index in [0.717, 1.165) is 32.5 Å². The fourth-order valence-electron chi connectivity index (χ4n) is 2.07. The number of nitrogens with two attached hydrogens (primary N) is 1. The van der Waals surface area contributed by atoms with E-state index >= 15 is 0 Å². The van der Waals surface area contributed by atoms with Crippen LogP contribution in [0, 0.1) is 0 Å². The number of ether oxygens (including phenoxy) is 1. The van der Waals surface area contributed by atoms with Gasteiger partial charge in [-0.25, -0.2) is 9.97 Å². The van der Waals surface area contributed by atoms with Crippen LogP contribution >= 0.6 is 11.8 Å². The van der Waals surface area contributed by atoms with Crippen LogP contribution in [0.1, 0.15) is 18.5 Å². The van der Waals surface area contributed by atoms with Crippen molar-refractivity contribution in [3.63, 3.8) is 0 Å². The number of hydrogen-bond acceptors (Lipinski definition) is 5. The Morgan fingerprint density at radius 2 is 2.19 bits per heavy atom. The summed E-state index contributed by atoms with van der Waals surface area (Å²) in [5.74, 6) is 0.803. The molecule has 2 aromatic heterocycles. The van der Waals surface area contributed by atoms with Gasteiger partial charge in [-0.05, 0) is 36.9 Å². The number of hydrogen-bond donors (Lipinski definition) is 2. The third-order valence-corrected chi connectivity index (χ3v) is 4.07. The molecule has 0 fully saturated rings. The van der Waals surface area contributed by atoms with Crippen LogP contribution < -0.4 is 10.5 Å². The maximum absolute atomic E-state index is 5.98. The number of imidazole rings is 1. The predicted octanol–water partition coefficient (Wildman–Crippen LogP) is 3.14. The van der Waals surface area contributed by atoms with Gasteiger partial charge in [0.05, 0.1) is 18.1 Å². The number of fused-ring (bicyclic) bond motifs is 1. The summed E-state index contributed by atoms with van der Waals surface area (Å²) >= 11 is 1.48. The van der Waals surface area contributed by atoms with Crippen molar-refractivity contribution in [3.8, 4) is 5.75 Å². The number of pyridine rings is 1. The first-order chi connectivity index (χ1) is 10.2. The van der Waals surface area contributed by atoms with Crippen molar-refractivity contribution in [1.82, 2.24) is 15.0 Å². The first-order valence-electron chi connectivity index (χ1n) is 6.59. The topological polar surface area (TPSA) is 76.8 Å². The van der Waals surface area contributed by atoms with E-state index in [0.29, 0.717) is 0 Å². The van der Waals surface area contributed by atoms with Crippen LogP contribution in [-0.4, -0.2) is 22.1 Å². The van der Waals surface area contributed by atoms with Gasteiger partial charge in [-0.1, -0.05) is 6.07 Å². The third kappa shape index (κ3) is 2.86. The minimum atomic E-state index is -0.0642. The summed E-state index contributed by atoms with van der Waals surface area (Å²) in [4.78, 5) is 12.2. The highest BCUT2D eigenvalue weighted by Gasteiger charge is 2.12. The van der Waals surface area contributed by atoms with Crippen molar-refractivity contribution in [2.24, 2.45) is 5.73 Å². The highest BCUT2D eigenvalue weighted by Crippen LogP contribution is 2.31. The number of nitrogens with zero attached hydrogens (tertiary/aromatic N) is 2. The Balaban J connectivity index is 1.95. The second-order valence-corrected chi connectivity index (χ2v) is 5.69. The second kappa shape index (κ2) is 5.75. The van der Waals surface area contributed by atoms with Crippen LogP contribution in [0.15, 0.2) is 46.7 Å². The molecule has 0 radical (unpaired) electrons. The zero-order valence-electron chi connectivity index (χ0n) is 11.8. The van der Waals surface area contributed by atoms with E-state index in [2.05, 4.69) is 15.0 Å². The van der Waals surface area contributed by atoms with Crippen LogP contribution in [0.2, 0.25) is 0 Å². The number of benzene rings is 1. The Hall–Kier alpha value is -2.05. The molecule has 0 aliphatic carbocycles. The van der Waals surface area contributed by atoms with E-state index in [1.54, 1.807) is 13.3 Å². The van der Waals surface area contributed by atoms with E-state index < -0.39 is 0 Å². The standard InChI is InChI=1S/C15H16N4OS/c1-9(16)11-4-3-7-17-14(11)21-15-18-12-6-5-10(20-2)8-13(12)19-15/h3-9H,16H2,1-2H3,(H,18,19)/t9-/m1/s1. The number of aromatic nitrogens is 3. The van der Waals surface area contributed by atoms with Gasteiger partial charge in [-0.3, -0.25) is 0 Å². The molecule has 0 aliphatic rings. The van der Waals surface area contributed by atoms with Gasteiger partial charge >= 0.3 is 0 Å². The SMILES string of the molecule is COc1ccc2nc(Sc3ncccc3[C@@H](C)N)[nH]c2c1. The molecular weight excluding hydrogens is 284 g/mol. The smallest absolute Gasteiger partial charge is 0.172 e. The average Bonchev–Trinajstić information content (AvgIpc) is 2.88. The predicted molar refractivity (Wildman–Crippen MR) is 83.6 cm³/mol. The van der Waals surface area contributed by atoms with Crippen molar-refractivity contribution < 1.29 is 4.74 Å². The van der Waals surface area contributed by atoms with E-state index in [1.165, 1.54) is 11.8 Å². The van der Waals surface area contributed by atoms with Crippen molar-refractivity contribution in [1.29, 1.82) is 0 Å². The number of H-pyrrole nitrogens is 1. The molecule has 3 N–H and O–H groups in total. The molecule has 1 aromatic carbocycles. The van der Waals surface area contributed by atoms with E-state index in [9.17, 15) is 0 Å². The Morgan fingerprint density at radius 1 is 1.33 bits per heavy atom. The van der Waals surface area contributed by atoms with Gasteiger partial charge in [0.1, 0.15) is 10.8 Å². The Kier molecular flexibility index (Phi) is 3.81. The Morgan fingerprint density at radius 3 is 2.95 bits per heavy atom. The van der Waals surface area contributed by atoms with Crippen LogP contribution in [0.3, 0.4) is 0 Å². The van der Waals surface area contributed by atoms with Gasteiger partial charge in [0, 0.05) is 23.9 Å². The lowest BCUT2D eigenvalue weighted by molar-refractivity contribution is 0.415. The second-order valence-electron chi connectivity index (χ2n) is 4.71. The molecule has 0 saturated carbocycles. The average molecular weight is 300 g/mol. The molecule has 0 bridgehead atoms. The quantitative estimate of drug-likeness (QED) is 0.774. The molecule has 0 saturated heterocycles. The number of rotatable bonds is 4. The zero-order valence-corrected chi connectivity index (χ0v) is 12.6. The molecule has 0 aliphatic heterocycles. The molecule has 0 amide bonds. The molecule has 3 rings (SSSR count). The van der Waals surface area contributed by atoms with Crippen molar-refractivity contribution >= 4 is 22.8 Å². The van der Waals surface area contributed by atoms with Gasteiger partial charge in [0.25, 0.3) is 0 Å². The lowest BCUT2D eigenvalue weighted by Gasteiger charge is -2.09. The zero-order chi connectivity index (χ0) is 14.8. The minimum Gasteiger partial charge on any atom is -0.497 e. The molecule has 6 heteroatoms. The molecule has 3 aromatic rings. The molecule has 0 spiro atoms. The van der Waals surface area contributed by atoms with Crippen LogP contribution in [0.25, 0.3) is 11.0 Å². The normalized spacial score (nSPS) is 12.5. The van der Waals surface area contributed by atoms with Crippen molar-refractivity contribution in [3.05, 3.63) is 42.1 Å². The van der Waals surface area contributed by atoms with Gasteiger partial charge < -0.3 is 15.5 Å². The first kappa shape index (κ1) is 13.9. The monoisotopic (exact) mass is 300 g/mol. The summed E-state index contributed by atoms with van der Waals surface area (Å²) in [5, 5.41) is 1.66. The fourth-order valence-corrected chi connectivity index (χ4v) is 3.04. The molecule has 21 heavy (non-hydrogen) atoms. The highest BCUT2D eigenvalue weighted by molar-refractivity contribution is 7.99. The molecule has 0 unspecified atom stereocenters. The van der Waals surface area contributed by atoms with Gasteiger partial charge in [-0.2, -0.15) is 0 Å². The van der Waals surface area contributed by atoms with E-state index in [-0.39, 0.29) is 6.04 Å². The van der Waals surface area contributed by atoms with Gasteiger partial charge in [0.15, 0.2) is 5.16 Å². The van der Waals surface area contributed by atoms with Crippen molar-refractivity contribution in [2.75, 3.05) is 7.11 Å². The fraction of sp³-hybridized carbons (Fsp3) is 0.200. The van der Waals surface area contributed by atoms with Crippen LogP contribution in [-0.2, 0) is 0 Å². The molecule has 2 heterocycles. The molecular formula is C15H16N4OS. The summed E-state index contributed by atoms with van der Waals surface area (Å²) in [7, 11) is 1.65. The van der Waals surface area contributed by atoms with Crippen LogP contribution in [0.5, 0.6) is 5.75 Å². The maximum atomic E-state index is 5.98. The van der Waals surface area contributed by atoms with Crippen molar-refractivity contribution in [2.45, 2.75) is 23.1 Å². The van der Waals surface area contributed by atoms with Crippen LogP contribution in [0.4, 0.5) is 0 Å². The lowest BCUT2D eigenvalue weighted by atomic mass is 10.2. The Bertz CT molecular complexity index is 769. The molecule has 1 atom stereocenters. The molecule has 5 nitrogen and oxygen atoms in total. The lowest BCUT2D eigenvalue weighted by Crippen LogP contribution is -2.07. The maximum Gasteiger partial charge on any atom is 0.172 e. The largest absolute Gasteiger partial charge is 0.497 e. The number of aromatic amines is 1. The first-order valence-corrected chi connectivity index (χ1v) is 7.41. The summed E-state index contributed by atoms with van der Waals surface area (Å²) in [6.45, 7) is 1.95. The highest BCUT2D eigenvalue weighted by atomic mass is 32.2. The minimum absolute atomic E-state index is 0.0642. The summed E-state index contributed by atoms with van der Waals surface area (Å²) in [6.07, 6.45) is 1.76. The summed E-state index contributed by atoms with van der Waals surface area (Å²) < 4.78 is 5.22. The third-order valence-electron chi connectivity index (χ3n) is 3.15. The summed E-state index contributed by atoms with van der Waals surface area (Å²) in [6, 6.07) is 9.58. The number of methoxy groups -OCH3 is 1. The van der Waals surface area contributed by atoms with Gasteiger partial charge in [0.2, 0.25) is 0 Å².